The fraction of sp³-hybridized carbons (Fsp3) is 0.286. The summed E-state index contributed by atoms with van der Waals surface area (Å²) in [6.07, 6.45) is 18.5. The van der Waals surface area contributed by atoms with Crippen LogP contribution in [0.25, 0.3) is 21.9 Å². The van der Waals surface area contributed by atoms with Crippen LogP contribution in [-0.2, 0) is 0 Å². The highest BCUT2D eigenvalue weighted by molar-refractivity contribution is 6.09. The minimum absolute atomic E-state index is 0.262. The van der Waals surface area contributed by atoms with Crippen molar-refractivity contribution in [2.24, 2.45) is 0 Å². The maximum Gasteiger partial charge on any atom is 0.159 e. The first-order chi connectivity index (χ1) is 38.0. The number of benzene rings is 7. The van der Waals surface area contributed by atoms with Gasteiger partial charge in [-0.3, -0.25) is 0 Å². The molecule has 7 aromatic carbocycles. The molecule has 8 aromatic rings. The molecule has 408 valence electrons. The zero-order chi connectivity index (χ0) is 56.1. The molecule has 5 heterocycles. The van der Waals surface area contributed by atoms with Crippen LogP contribution in [0, 0.1) is 27.7 Å². The molecule has 0 unspecified atom stereocenters. The molecule has 4 aliphatic heterocycles. The summed E-state index contributed by atoms with van der Waals surface area (Å²) in [4.78, 5) is 18.4. The van der Waals surface area contributed by atoms with Crippen molar-refractivity contribution in [2.45, 2.75) is 120 Å². The van der Waals surface area contributed by atoms with E-state index in [9.17, 15) is 0 Å². The average Bonchev–Trinajstić information content (AvgIpc) is 4.31. The summed E-state index contributed by atoms with van der Waals surface area (Å²) in [5, 5.41) is 2.36. The number of nitrogens with zero attached hydrogens (tertiary/aromatic N) is 8. The zero-order valence-corrected chi connectivity index (χ0v) is 49.1. The number of hydrogen-bond acceptors (Lipinski definition) is 9. The van der Waals surface area contributed by atoms with Crippen molar-refractivity contribution in [3.05, 3.63) is 241 Å². The topological polar surface area (TPSA) is 39.1 Å². The standard InChI is InChI=1S/C23H30N2.C18H18N2O.C17H18N2.C12H16N2/c1-16(2)20-11-9-12-21(17(3)4)23(20)25-15-14-24(19(25)6)22-13-8-7-10-18(22)5;1-12-8-9-15-14-6-4-5-7-16(14)21-18(15)17(12)20-11-10-19(3)13(20)2;1-14-8-6-7-11-17(14)19-13-12-18(15(19)2)16-9-4-3-5-10-16;1-10-6-4-5-7-12(10)14-9-8-13(3)11(14)2/h7-17,19H,1-6H3;4-11,13H,1-3H3;3-13,15H,1-2H3;4-9,11H,1-3H3/t19-;13-;15-;11-/m1000/s1. The molecule has 0 saturated heterocycles. The van der Waals surface area contributed by atoms with Crippen LogP contribution < -0.4 is 29.4 Å². The Kier molecular flexibility index (Phi) is 17.0. The highest BCUT2D eigenvalue weighted by atomic mass is 16.3. The summed E-state index contributed by atoms with van der Waals surface area (Å²) < 4.78 is 6.17. The summed E-state index contributed by atoms with van der Waals surface area (Å²) in [5.41, 5.74) is 17.5. The van der Waals surface area contributed by atoms with E-state index >= 15 is 0 Å². The van der Waals surface area contributed by atoms with Crippen molar-refractivity contribution in [1.29, 1.82) is 0 Å². The number of rotatable bonds is 8. The molecule has 9 heteroatoms. The van der Waals surface area contributed by atoms with Crippen LogP contribution in [0.1, 0.15) is 101 Å². The second kappa shape index (κ2) is 24.2. The van der Waals surface area contributed by atoms with E-state index in [2.05, 4.69) is 326 Å². The predicted molar refractivity (Wildman–Crippen MR) is 338 cm³/mol. The van der Waals surface area contributed by atoms with Gasteiger partial charge < -0.3 is 43.6 Å². The van der Waals surface area contributed by atoms with E-state index in [0.717, 1.165) is 16.9 Å². The molecule has 4 aliphatic rings. The highest BCUT2D eigenvalue weighted by Crippen LogP contribution is 2.42. The van der Waals surface area contributed by atoms with Crippen LogP contribution in [0.5, 0.6) is 0 Å². The third kappa shape index (κ3) is 11.5. The number of aryl methyl sites for hydroxylation is 4. The van der Waals surface area contributed by atoms with Gasteiger partial charge in [0.05, 0.1) is 5.69 Å². The monoisotopic (exact) mass is 1050 g/mol. The summed E-state index contributed by atoms with van der Waals surface area (Å²) in [6, 6.07) is 55.4. The molecule has 4 atom stereocenters. The molecule has 0 aliphatic carbocycles. The minimum Gasteiger partial charge on any atom is -0.454 e. The van der Waals surface area contributed by atoms with Gasteiger partial charge in [-0.25, -0.2) is 0 Å². The zero-order valence-electron chi connectivity index (χ0n) is 49.1. The van der Waals surface area contributed by atoms with Gasteiger partial charge in [0, 0.05) is 103 Å². The molecule has 0 amide bonds. The van der Waals surface area contributed by atoms with Crippen molar-refractivity contribution in [2.75, 3.05) is 43.5 Å². The SMILES string of the molecule is Cc1ccc2c(oc3ccccc32)c1N1C=CN(C)[C@@H]1C.Cc1ccccc1N1C=CN(C)[C@@H]1C.Cc1ccccc1N1C=CN(c2c(C(C)C)cccc2C(C)C)[C@@H]1C.Cc1ccccc1N1C=CN(c2ccccc2)[C@@H]1C. The summed E-state index contributed by atoms with van der Waals surface area (Å²) >= 11 is 0. The molecule has 79 heavy (non-hydrogen) atoms. The van der Waals surface area contributed by atoms with Crippen LogP contribution in [-0.4, -0.2) is 48.6 Å². The van der Waals surface area contributed by atoms with E-state index in [1.54, 1.807) is 0 Å². The van der Waals surface area contributed by atoms with Gasteiger partial charge in [-0.1, -0.05) is 149 Å². The molecular formula is C70H82N8O. The summed E-state index contributed by atoms with van der Waals surface area (Å²) in [6.45, 7) is 26.7. The Balaban J connectivity index is 0.000000130. The first-order valence-corrected chi connectivity index (χ1v) is 28.2. The first-order valence-electron chi connectivity index (χ1n) is 28.2. The van der Waals surface area contributed by atoms with Crippen LogP contribution in [0.4, 0.5) is 34.1 Å². The minimum atomic E-state index is 0.262. The normalized spacial score (nSPS) is 18.3. The largest absolute Gasteiger partial charge is 0.454 e. The van der Waals surface area contributed by atoms with E-state index in [1.165, 1.54) is 72.6 Å². The van der Waals surface area contributed by atoms with Gasteiger partial charge in [0.15, 0.2) is 5.58 Å². The molecule has 0 fully saturated rings. The lowest BCUT2D eigenvalue weighted by atomic mass is 9.92. The number of furan rings is 1. The second-order valence-electron chi connectivity index (χ2n) is 22.0. The lowest BCUT2D eigenvalue weighted by Gasteiger charge is -2.34. The summed E-state index contributed by atoms with van der Waals surface area (Å²) in [7, 11) is 4.19. The molecule has 0 N–H and O–H groups in total. The average molecular weight is 1050 g/mol. The Morgan fingerprint density at radius 2 is 0.747 bits per heavy atom. The number of fused-ring (bicyclic) bond motifs is 3. The Bertz CT molecular complexity index is 3450. The maximum absolute atomic E-state index is 6.17. The van der Waals surface area contributed by atoms with Crippen LogP contribution in [0.3, 0.4) is 0 Å². The highest BCUT2D eigenvalue weighted by Gasteiger charge is 2.30. The van der Waals surface area contributed by atoms with Crippen molar-refractivity contribution in [3.8, 4) is 0 Å². The quantitative estimate of drug-likeness (QED) is 0.148. The molecule has 0 spiro atoms. The van der Waals surface area contributed by atoms with E-state index in [4.69, 9.17) is 4.42 Å². The van der Waals surface area contributed by atoms with Gasteiger partial charge in [0.1, 0.15) is 30.2 Å². The lowest BCUT2D eigenvalue weighted by Crippen LogP contribution is -2.37. The second-order valence-corrected chi connectivity index (χ2v) is 22.0. The molecule has 0 saturated carbocycles. The smallest absolute Gasteiger partial charge is 0.159 e. The van der Waals surface area contributed by atoms with E-state index in [1.807, 2.05) is 18.2 Å². The van der Waals surface area contributed by atoms with Crippen LogP contribution in [0.2, 0.25) is 0 Å². The van der Waals surface area contributed by atoms with Crippen molar-refractivity contribution in [3.63, 3.8) is 0 Å². The van der Waals surface area contributed by atoms with Gasteiger partial charge in [-0.15, -0.1) is 0 Å². The fourth-order valence-corrected chi connectivity index (χ4v) is 11.1. The van der Waals surface area contributed by atoms with Crippen molar-refractivity contribution in [1.82, 2.24) is 9.80 Å². The van der Waals surface area contributed by atoms with Crippen LogP contribution in [0.15, 0.2) is 212 Å². The van der Waals surface area contributed by atoms with E-state index in [-0.39, 0.29) is 6.17 Å². The Labute approximate surface area is 471 Å². The maximum atomic E-state index is 6.17. The van der Waals surface area contributed by atoms with Gasteiger partial charge in [-0.2, -0.15) is 0 Å². The number of anilines is 6. The Morgan fingerprint density at radius 3 is 1.24 bits per heavy atom. The predicted octanol–water partition coefficient (Wildman–Crippen LogP) is 17.6. The Hall–Kier alpha value is -8.30. The number of para-hydroxylation sites is 6. The van der Waals surface area contributed by atoms with Gasteiger partial charge in [-0.05, 0) is 137 Å². The molecule has 12 rings (SSSR count). The molecule has 9 nitrogen and oxygen atoms in total. The van der Waals surface area contributed by atoms with Crippen molar-refractivity contribution >= 4 is 56.1 Å². The Morgan fingerprint density at radius 1 is 0.342 bits per heavy atom. The molecule has 0 bridgehead atoms. The molecular weight excluding hydrogens is 969 g/mol. The number of hydrogen-bond donors (Lipinski definition) is 0. The summed E-state index contributed by atoms with van der Waals surface area (Å²) in [5.74, 6) is 1.00. The third-order valence-electron chi connectivity index (χ3n) is 16.1. The van der Waals surface area contributed by atoms with Gasteiger partial charge in [0.2, 0.25) is 0 Å². The lowest BCUT2D eigenvalue weighted by molar-refractivity contribution is 0.383. The first kappa shape index (κ1) is 55.5. The molecule has 0 radical (unpaired) electrons. The van der Waals surface area contributed by atoms with Gasteiger partial charge in [0.25, 0.3) is 0 Å². The fourth-order valence-electron chi connectivity index (χ4n) is 11.1. The van der Waals surface area contributed by atoms with Crippen LogP contribution >= 0.6 is 0 Å². The van der Waals surface area contributed by atoms with E-state index < -0.39 is 0 Å². The molecule has 1 aromatic heterocycles. The van der Waals surface area contributed by atoms with Gasteiger partial charge >= 0.3 is 0 Å². The van der Waals surface area contributed by atoms with E-state index in [0.29, 0.717) is 30.3 Å². The van der Waals surface area contributed by atoms with Crippen molar-refractivity contribution < 1.29 is 4.42 Å². The third-order valence-corrected chi connectivity index (χ3v) is 16.1.